The van der Waals surface area contributed by atoms with Gasteiger partial charge in [0.25, 0.3) is 0 Å². The third kappa shape index (κ3) is 5.46. The van der Waals surface area contributed by atoms with Crippen molar-refractivity contribution < 1.29 is 14.1 Å². The summed E-state index contributed by atoms with van der Waals surface area (Å²) < 4.78 is 10.7. The van der Waals surface area contributed by atoms with Gasteiger partial charge < -0.3 is 19.5 Å². The molecule has 1 aliphatic heterocycles. The van der Waals surface area contributed by atoms with Crippen molar-refractivity contribution in [3.05, 3.63) is 60.2 Å². The maximum absolute atomic E-state index is 12.9. The topological polar surface area (TPSA) is 80.5 Å². The average Bonchev–Trinajstić information content (AvgIpc) is 3.34. The van der Waals surface area contributed by atoms with Gasteiger partial charge in [-0.05, 0) is 62.4 Å². The molecule has 2 atom stereocenters. The van der Waals surface area contributed by atoms with Crippen LogP contribution in [0.4, 0.5) is 6.01 Å². The van der Waals surface area contributed by atoms with Crippen LogP contribution in [-0.2, 0) is 11.2 Å². The van der Waals surface area contributed by atoms with Crippen LogP contribution in [0, 0.1) is 5.92 Å². The Balaban J connectivity index is 1.31. The molecule has 1 aromatic heterocycles. The minimum absolute atomic E-state index is 0.0840. The van der Waals surface area contributed by atoms with Crippen LogP contribution >= 0.6 is 0 Å². The van der Waals surface area contributed by atoms with Crippen LogP contribution in [0.2, 0.25) is 0 Å². The highest BCUT2D eigenvalue weighted by atomic mass is 16.5. The van der Waals surface area contributed by atoms with E-state index in [1.807, 2.05) is 47.4 Å². The Morgan fingerprint density at radius 2 is 2.00 bits per heavy atom. The van der Waals surface area contributed by atoms with Crippen LogP contribution in [0.1, 0.15) is 31.7 Å². The van der Waals surface area contributed by atoms with Gasteiger partial charge in [-0.2, -0.15) is 4.98 Å². The van der Waals surface area contributed by atoms with Gasteiger partial charge in [0.2, 0.25) is 11.7 Å². The molecule has 0 bridgehead atoms. The lowest BCUT2D eigenvalue weighted by Crippen LogP contribution is -2.45. The average molecular weight is 435 g/mol. The molecular weight excluding hydrogens is 404 g/mol. The fourth-order valence-corrected chi connectivity index (χ4v) is 4.03. The minimum atomic E-state index is -0.0840. The van der Waals surface area contributed by atoms with Gasteiger partial charge in [-0.25, -0.2) is 0 Å². The minimum Gasteiger partial charge on any atom is -0.497 e. The van der Waals surface area contributed by atoms with Crippen molar-refractivity contribution >= 4 is 11.9 Å². The lowest BCUT2D eigenvalue weighted by molar-refractivity contribution is -0.125. The van der Waals surface area contributed by atoms with E-state index in [9.17, 15) is 4.79 Å². The van der Waals surface area contributed by atoms with Crippen molar-refractivity contribution in [1.29, 1.82) is 0 Å². The van der Waals surface area contributed by atoms with Gasteiger partial charge in [0, 0.05) is 24.7 Å². The number of aromatic nitrogens is 2. The molecule has 7 heteroatoms. The Morgan fingerprint density at radius 1 is 1.22 bits per heavy atom. The highest BCUT2D eigenvalue weighted by Gasteiger charge is 2.29. The molecule has 1 saturated heterocycles. The van der Waals surface area contributed by atoms with E-state index in [2.05, 4.69) is 34.5 Å². The summed E-state index contributed by atoms with van der Waals surface area (Å²) >= 11 is 0. The number of anilines is 1. The molecule has 0 radical (unpaired) electrons. The van der Waals surface area contributed by atoms with E-state index in [4.69, 9.17) is 9.26 Å². The molecular formula is C25H30N4O3. The van der Waals surface area contributed by atoms with Gasteiger partial charge in [0.05, 0.1) is 13.0 Å². The Kier molecular flexibility index (Phi) is 7.04. The zero-order chi connectivity index (χ0) is 22.3. The molecule has 3 aromatic rings. The van der Waals surface area contributed by atoms with E-state index >= 15 is 0 Å². The third-order valence-corrected chi connectivity index (χ3v) is 5.92. The molecule has 7 nitrogen and oxygen atoms in total. The summed E-state index contributed by atoms with van der Waals surface area (Å²) in [5, 5.41) is 7.31. The molecule has 32 heavy (non-hydrogen) atoms. The number of aryl methyl sites for hydroxylation is 1. The monoisotopic (exact) mass is 434 g/mol. The predicted molar refractivity (Wildman–Crippen MR) is 124 cm³/mol. The largest absolute Gasteiger partial charge is 0.497 e. The number of carbonyl (C=O) groups excluding carboxylic acids is 1. The SMILES string of the molecule is COc1ccc(-c2noc(N3CCC[C@H](C(=O)N[C@H](C)CCc4ccccc4)C3)n2)cc1. The molecule has 0 spiro atoms. The van der Waals surface area contributed by atoms with E-state index in [1.165, 1.54) is 5.56 Å². The Bertz CT molecular complexity index is 1000. The van der Waals surface area contributed by atoms with Crippen molar-refractivity contribution in [2.75, 3.05) is 25.1 Å². The van der Waals surface area contributed by atoms with Gasteiger partial charge in [0.15, 0.2) is 0 Å². The zero-order valence-electron chi connectivity index (χ0n) is 18.7. The molecule has 1 fully saturated rings. The maximum atomic E-state index is 12.9. The molecule has 1 aliphatic rings. The van der Waals surface area contributed by atoms with Gasteiger partial charge in [-0.15, -0.1) is 0 Å². The van der Waals surface area contributed by atoms with Crippen molar-refractivity contribution in [1.82, 2.24) is 15.5 Å². The van der Waals surface area contributed by atoms with Crippen molar-refractivity contribution in [3.63, 3.8) is 0 Å². The zero-order valence-corrected chi connectivity index (χ0v) is 18.7. The second-order valence-electron chi connectivity index (χ2n) is 8.35. The number of methoxy groups -OCH3 is 1. The molecule has 4 rings (SSSR count). The number of amides is 1. The second-order valence-corrected chi connectivity index (χ2v) is 8.35. The number of rotatable bonds is 8. The molecule has 1 amide bonds. The van der Waals surface area contributed by atoms with Gasteiger partial charge >= 0.3 is 6.01 Å². The van der Waals surface area contributed by atoms with E-state index in [0.717, 1.165) is 43.5 Å². The number of hydrogen-bond acceptors (Lipinski definition) is 6. The predicted octanol–water partition coefficient (Wildman–Crippen LogP) is 4.10. The standard InChI is InChI=1S/C25H30N4O3/c1-18(10-11-19-7-4-3-5-8-19)26-24(30)21-9-6-16-29(17-21)25-27-23(28-32-25)20-12-14-22(31-2)15-13-20/h3-5,7-8,12-15,18,21H,6,9-11,16-17H2,1-2H3,(H,26,30)/t18-,21+/m1/s1. The molecule has 1 N–H and O–H groups in total. The molecule has 0 aliphatic carbocycles. The lowest BCUT2D eigenvalue weighted by atomic mass is 9.96. The van der Waals surface area contributed by atoms with Crippen LogP contribution in [0.15, 0.2) is 59.1 Å². The van der Waals surface area contributed by atoms with Gasteiger partial charge in [-0.1, -0.05) is 35.5 Å². The number of piperidine rings is 1. The van der Waals surface area contributed by atoms with Crippen molar-refractivity contribution in [2.24, 2.45) is 5.92 Å². The lowest BCUT2D eigenvalue weighted by Gasteiger charge is -2.31. The number of hydrogen-bond donors (Lipinski definition) is 1. The first kappa shape index (κ1) is 21.9. The highest BCUT2D eigenvalue weighted by Crippen LogP contribution is 2.26. The number of ether oxygens (including phenoxy) is 1. The van der Waals surface area contributed by atoms with Crippen LogP contribution in [0.3, 0.4) is 0 Å². The first-order valence-electron chi connectivity index (χ1n) is 11.2. The number of carbonyl (C=O) groups is 1. The van der Waals surface area contributed by atoms with Gasteiger partial charge in [-0.3, -0.25) is 4.79 Å². The third-order valence-electron chi connectivity index (χ3n) is 5.92. The summed E-state index contributed by atoms with van der Waals surface area (Å²) in [7, 11) is 1.63. The molecule has 2 heterocycles. The normalized spacial score (nSPS) is 17.1. The smallest absolute Gasteiger partial charge is 0.324 e. The fourth-order valence-electron chi connectivity index (χ4n) is 4.03. The number of benzene rings is 2. The summed E-state index contributed by atoms with van der Waals surface area (Å²) in [6.45, 7) is 3.46. The van der Waals surface area contributed by atoms with E-state index in [-0.39, 0.29) is 17.9 Å². The summed E-state index contributed by atoms with van der Waals surface area (Å²) in [6.07, 6.45) is 3.65. The first-order chi connectivity index (χ1) is 15.6. The number of nitrogens with one attached hydrogen (secondary N) is 1. The second kappa shape index (κ2) is 10.3. The summed E-state index contributed by atoms with van der Waals surface area (Å²) in [5.74, 6) is 1.33. The fraction of sp³-hybridized carbons (Fsp3) is 0.400. The van der Waals surface area contributed by atoms with E-state index < -0.39 is 0 Å². The van der Waals surface area contributed by atoms with Crippen LogP contribution in [0.5, 0.6) is 5.75 Å². The first-order valence-corrected chi connectivity index (χ1v) is 11.2. The summed E-state index contributed by atoms with van der Waals surface area (Å²) in [4.78, 5) is 19.4. The van der Waals surface area contributed by atoms with E-state index in [1.54, 1.807) is 7.11 Å². The summed E-state index contributed by atoms with van der Waals surface area (Å²) in [5.41, 5.74) is 2.15. The van der Waals surface area contributed by atoms with E-state index in [0.29, 0.717) is 18.4 Å². The van der Waals surface area contributed by atoms with Crippen LogP contribution in [-0.4, -0.2) is 42.3 Å². The number of nitrogens with zero attached hydrogens (tertiary/aromatic N) is 3. The molecule has 168 valence electrons. The van der Waals surface area contributed by atoms with Crippen molar-refractivity contribution in [2.45, 2.75) is 38.6 Å². The molecule has 0 unspecified atom stereocenters. The highest BCUT2D eigenvalue weighted by molar-refractivity contribution is 5.79. The molecule has 2 aromatic carbocycles. The van der Waals surface area contributed by atoms with Crippen molar-refractivity contribution in [3.8, 4) is 17.1 Å². The maximum Gasteiger partial charge on any atom is 0.324 e. The Hall–Kier alpha value is -3.35. The molecule has 0 saturated carbocycles. The van der Waals surface area contributed by atoms with Crippen LogP contribution < -0.4 is 15.0 Å². The Labute approximate surface area is 188 Å². The van der Waals surface area contributed by atoms with Gasteiger partial charge in [0.1, 0.15) is 5.75 Å². The quantitative estimate of drug-likeness (QED) is 0.575. The summed E-state index contributed by atoms with van der Waals surface area (Å²) in [6, 6.07) is 18.5. The Morgan fingerprint density at radius 3 is 2.75 bits per heavy atom. The van der Waals surface area contributed by atoms with Crippen LogP contribution in [0.25, 0.3) is 11.4 Å².